The molecule has 0 heterocycles. The van der Waals surface area contributed by atoms with Gasteiger partial charge in [0, 0.05) is 6.07 Å². The molecule has 186 valence electrons. The standard InChI is InChI=1S/C25H24N4O6S/c1-33-21-12-13-24(34-2)23(16-21)29(36(31,32)22-6-4-3-5-7-22)18-25(30)28-27-17-19-8-10-20(11-9-19)35-15-14-26/h3-13,16-17H,15,18H2,1-2H3,(H,28,30)/b27-17+. The molecule has 0 aliphatic rings. The number of nitriles is 1. The van der Waals surface area contributed by atoms with E-state index in [2.05, 4.69) is 10.5 Å². The van der Waals surface area contributed by atoms with Crippen molar-refractivity contribution in [3.05, 3.63) is 78.4 Å². The van der Waals surface area contributed by atoms with Gasteiger partial charge in [0.2, 0.25) is 0 Å². The van der Waals surface area contributed by atoms with Gasteiger partial charge in [-0.25, -0.2) is 13.8 Å². The van der Waals surface area contributed by atoms with Gasteiger partial charge in [-0.15, -0.1) is 0 Å². The second-order valence-corrected chi connectivity index (χ2v) is 9.03. The number of hydrazone groups is 1. The Bertz CT molecular complexity index is 1350. The minimum Gasteiger partial charge on any atom is -0.497 e. The van der Waals surface area contributed by atoms with Gasteiger partial charge in [-0.05, 0) is 54.1 Å². The summed E-state index contributed by atoms with van der Waals surface area (Å²) < 4.78 is 43.8. The SMILES string of the molecule is COc1ccc(OC)c(N(CC(=O)N/N=C/c2ccc(OCC#N)cc2)S(=O)(=O)c2ccccc2)c1. The molecule has 0 aliphatic carbocycles. The van der Waals surface area contributed by atoms with Gasteiger partial charge in [0.15, 0.2) is 6.61 Å². The zero-order valence-corrected chi connectivity index (χ0v) is 20.4. The first-order chi connectivity index (χ1) is 17.4. The highest BCUT2D eigenvalue weighted by Gasteiger charge is 2.29. The lowest BCUT2D eigenvalue weighted by Gasteiger charge is -2.25. The van der Waals surface area contributed by atoms with Crippen molar-refractivity contribution in [3.63, 3.8) is 0 Å². The van der Waals surface area contributed by atoms with Crippen LogP contribution in [0.15, 0.2) is 82.8 Å². The average Bonchev–Trinajstić information content (AvgIpc) is 2.91. The van der Waals surface area contributed by atoms with Gasteiger partial charge in [0.1, 0.15) is 29.9 Å². The number of carbonyl (C=O) groups excluding carboxylic acids is 1. The molecule has 0 saturated carbocycles. The lowest BCUT2D eigenvalue weighted by atomic mass is 10.2. The molecule has 3 aromatic carbocycles. The fourth-order valence-corrected chi connectivity index (χ4v) is 4.57. The summed E-state index contributed by atoms with van der Waals surface area (Å²) in [6.45, 7) is -0.636. The maximum atomic E-state index is 13.5. The average molecular weight is 509 g/mol. The summed E-state index contributed by atoms with van der Waals surface area (Å²) in [6.07, 6.45) is 1.40. The van der Waals surface area contributed by atoms with E-state index in [1.807, 2.05) is 6.07 Å². The number of ether oxygens (including phenoxy) is 3. The summed E-state index contributed by atoms with van der Waals surface area (Å²) >= 11 is 0. The Kier molecular flexibility index (Phi) is 8.85. The summed E-state index contributed by atoms with van der Waals surface area (Å²) in [7, 11) is -1.30. The molecule has 3 rings (SSSR count). The molecule has 36 heavy (non-hydrogen) atoms. The molecule has 0 unspecified atom stereocenters. The minimum atomic E-state index is -4.15. The van der Waals surface area contributed by atoms with Crippen molar-refractivity contribution in [2.75, 3.05) is 31.7 Å². The highest BCUT2D eigenvalue weighted by molar-refractivity contribution is 7.92. The van der Waals surface area contributed by atoms with Gasteiger partial charge >= 0.3 is 0 Å². The predicted molar refractivity (Wildman–Crippen MR) is 134 cm³/mol. The minimum absolute atomic E-state index is 0.00452. The van der Waals surface area contributed by atoms with Crippen molar-refractivity contribution in [1.29, 1.82) is 5.26 Å². The van der Waals surface area contributed by atoms with Crippen LogP contribution < -0.4 is 23.9 Å². The molecule has 0 spiro atoms. The van der Waals surface area contributed by atoms with Crippen molar-refractivity contribution in [2.24, 2.45) is 5.10 Å². The quantitative estimate of drug-likeness (QED) is 0.311. The van der Waals surface area contributed by atoms with Crippen LogP contribution >= 0.6 is 0 Å². The van der Waals surface area contributed by atoms with Crippen LogP contribution in [0.1, 0.15) is 5.56 Å². The maximum absolute atomic E-state index is 13.5. The van der Waals surface area contributed by atoms with Crippen LogP contribution in [0.4, 0.5) is 5.69 Å². The zero-order valence-electron chi connectivity index (χ0n) is 19.6. The zero-order chi connectivity index (χ0) is 26.0. The second-order valence-electron chi connectivity index (χ2n) is 7.17. The number of anilines is 1. The highest BCUT2D eigenvalue weighted by Crippen LogP contribution is 2.35. The van der Waals surface area contributed by atoms with Gasteiger partial charge in [0.25, 0.3) is 15.9 Å². The van der Waals surface area contributed by atoms with Gasteiger partial charge in [-0.2, -0.15) is 10.4 Å². The second kappa shape index (κ2) is 12.2. The Labute approximate surface area is 209 Å². The first-order valence-corrected chi connectivity index (χ1v) is 12.0. The highest BCUT2D eigenvalue weighted by atomic mass is 32.2. The number of hydrogen-bond acceptors (Lipinski definition) is 8. The Morgan fingerprint density at radius 2 is 1.72 bits per heavy atom. The Morgan fingerprint density at radius 3 is 2.36 bits per heavy atom. The predicted octanol–water partition coefficient (Wildman–Crippen LogP) is 2.95. The number of amides is 1. The molecule has 10 nitrogen and oxygen atoms in total. The summed E-state index contributed by atoms with van der Waals surface area (Å²) in [4.78, 5) is 12.8. The molecular formula is C25H24N4O6S. The number of carbonyl (C=O) groups is 1. The molecule has 0 saturated heterocycles. The number of hydrogen-bond donors (Lipinski definition) is 1. The third-order valence-electron chi connectivity index (χ3n) is 4.86. The number of nitrogens with one attached hydrogen (secondary N) is 1. The van der Waals surface area contributed by atoms with E-state index in [1.165, 1.54) is 38.6 Å². The first kappa shape index (κ1) is 26.1. The Morgan fingerprint density at radius 1 is 1.03 bits per heavy atom. The van der Waals surface area contributed by atoms with Gasteiger partial charge in [-0.1, -0.05) is 18.2 Å². The van der Waals surface area contributed by atoms with E-state index in [4.69, 9.17) is 19.5 Å². The topological polar surface area (TPSA) is 130 Å². The van der Waals surface area contributed by atoms with Crippen LogP contribution in [0, 0.1) is 11.3 Å². The van der Waals surface area contributed by atoms with E-state index in [9.17, 15) is 13.2 Å². The molecule has 0 atom stereocenters. The summed E-state index contributed by atoms with van der Waals surface area (Å²) in [5, 5.41) is 12.5. The largest absolute Gasteiger partial charge is 0.497 e. The van der Waals surface area contributed by atoms with Crippen LogP contribution in [0.25, 0.3) is 0 Å². The van der Waals surface area contributed by atoms with Gasteiger partial charge in [-0.3, -0.25) is 9.10 Å². The smallest absolute Gasteiger partial charge is 0.264 e. The van der Waals surface area contributed by atoms with Crippen LogP contribution in [-0.4, -0.2) is 47.9 Å². The monoisotopic (exact) mass is 508 g/mol. The van der Waals surface area contributed by atoms with Crippen LogP contribution in [0.5, 0.6) is 17.2 Å². The third kappa shape index (κ3) is 6.52. The van der Waals surface area contributed by atoms with Crippen molar-refractivity contribution in [3.8, 4) is 23.3 Å². The van der Waals surface area contributed by atoms with Gasteiger partial charge in [0.05, 0.1) is 31.0 Å². The van der Waals surface area contributed by atoms with Crippen LogP contribution in [0.2, 0.25) is 0 Å². The Balaban J connectivity index is 1.84. The molecule has 0 radical (unpaired) electrons. The summed E-state index contributed by atoms with van der Waals surface area (Å²) in [5.41, 5.74) is 3.14. The van der Waals surface area contributed by atoms with E-state index < -0.39 is 22.5 Å². The molecule has 0 aromatic heterocycles. The molecule has 11 heteroatoms. The number of methoxy groups -OCH3 is 2. The van der Waals surface area contributed by atoms with E-state index >= 15 is 0 Å². The van der Waals surface area contributed by atoms with E-state index in [-0.39, 0.29) is 22.9 Å². The van der Waals surface area contributed by atoms with Crippen LogP contribution in [0.3, 0.4) is 0 Å². The normalized spacial score (nSPS) is 10.9. The van der Waals surface area contributed by atoms with Crippen LogP contribution in [-0.2, 0) is 14.8 Å². The third-order valence-corrected chi connectivity index (χ3v) is 6.63. The number of rotatable bonds is 11. The number of benzene rings is 3. The fourth-order valence-electron chi connectivity index (χ4n) is 3.12. The summed E-state index contributed by atoms with van der Waals surface area (Å²) in [6, 6.07) is 21.0. The van der Waals surface area contributed by atoms with Crippen molar-refractivity contribution in [1.82, 2.24) is 5.43 Å². The molecule has 1 amide bonds. The van der Waals surface area contributed by atoms with Crippen molar-refractivity contribution >= 4 is 27.8 Å². The van der Waals surface area contributed by atoms with Crippen molar-refractivity contribution in [2.45, 2.75) is 4.90 Å². The molecule has 3 aromatic rings. The number of sulfonamides is 1. The van der Waals surface area contributed by atoms with E-state index in [1.54, 1.807) is 54.6 Å². The summed E-state index contributed by atoms with van der Waals surface area (Å²) in [5.74, 6) is 0.473. The van der Waals surface area contributed by atoms with E-state index in [0.29, 0.717) is 17.1 Å². The molecular weight excluding hydrogens is 484 g/mol. The first-order valence-electron chi connectivity index (χ1n) is 10.6. The lowest BCUT2D eigenvalue weighted by Crippen LogP contribution is -2.39. The number of nitrogens with zero attached hydrogens (tertiary/aromatic N) is 3. The molecule has 0 fully saturated rings. The fraction of sp³-hybridized carbons (Fsp3) is 0.160. The Hall–Kier alpha value is -4.56. The molecule has 0 bridgehead atoms. The maximum Gasteiger partial charge on any atom is 0.264 e. The lowest BCUT2D eigenvalue weighted by molar-refractivity contribution is -0.119. The van der Waals surface area contributed by atoms with Gasteiger partial charge < -0.3 is 14.2 Å². The van der Waals surface area contributed by atoms with Crippen molar-refractivity contribution < 1.29 is 27.4 Å². The molecule has 1 N–H and O–H groups in total. The molecule has 0 aliphatic heterocycles. The van der Waals surface area contributed by atoms with E-state index in [0.717, 1.165) is 4.31 Å².